The van der Waals surface area contributed by atoms with Gasteiger partial charge in [0.25, 0.3) is 0 Å². The van der Waals surface area contributed by atoms with E-state index in [9.17, 15) is 17.0 Å². The van der Waals surface area contributed by atoms with Crippen LogP contribution in [0.1, 0.15) is 20.7 Å². The maximum absolute atomic E-state index is 10.9. The molecule has 0 radical (unpaired) electrons. The average molecular weight is 352 g/mol. The first-order valence-electron chi connectivity index (χ1n) is 6.47. The van der Waals surface area contributed by atoms with Gasteiger partial charge in [0.1, 0.15) is 0 Å². The monoisotopic (exact) mass is 352 g/mol. The van der Waals surface area contributed by atoms with Gasteiger partial charge in [-0.1, -0.05) is 0 Å². The van der Waals surface area contributed by atoms with Crippen LogP contribution < -0.4 is 6.64 Å². The molecule has 6 nitrogen and oxygen atoms in total. The van der Waals surface area contributed by atoms with E-state index in [1.807, 2.05) is 0 Å². The molecule has 0 heterocycles. The van der Waals surface area contributed by atoms with E-state index in [4.69, 9.17) is 6.64 Å². The van der Waals surface area contributed by atoms with Crippen molar-refractivity contribution in [1.82, 2.24) is 0 Å². The Morgan fingerprint density at radius 3 is 1.48 bits per heavy atom. The van der Waals surface area contributed by atoms with Crippen LogP contribution in [0.2, 0.25) is 0 Å². The predicted octanol–water partition coefficient (Wildman–Crippen LogP) is 2.37. The summed E-state index contributed by atoms with van der Waals surface area (Å²) in [6.45, 7) is 6.00. The second kappa shape index (κ2) is 9.02. The second-order valence-corrected chi connectivity index (χ2v) is 6.41. The van der Waals surface area contributed by atoms with E-state index < -0.39 is 18.1 Å². The molecule has 0 atom stereocenters. The summed E-state index contributed by atoms with van der Waals surface area (Å²) in [5.74, 6) is 0.0298. The number of aldehydes is 2. The Balaban J connectivity index is 0.00000127. The Hall–Kier alpha value is -2.25. The van der Waals surface area contributed by atoms with Crippen molar-refractivity contribution in [3.8, 4) is 11.5 Å². The molecule has 2 rings (SSSR count). The summed E-state index contributed by atoms with van der Waals surface area (Å²) in [5.41, 5.74) is 0.339. The first-order valence-corrected chi connectivity index (χ1v) is 9.14. The first kappa shape index (κ1) is 18.8. The summed E-state index contributed by atoms with van der Waals surface area (Å²) in [6, 6.07) is 12.2. The van der Waals surface area contributed by atoms with Crippen molar-refractivity contribution in [2.75, 3.05) is 0 Å². The van der Waals surface area contributed by atoms with Crippen LogP contribution in [0.3, 0.4) is 0 Å². The molecule has 0 saturated heterocycles. The zero-order chi connectivity index (χ0) is 17.3. The van der Waals surface area contributed by atoms with E-state index in [2.05, 4.69) is 13.2 Å². The van der Waals surface area contributed by atoms with Gasteiger partial charge in [0.2, 0.25) is 0 Å². The van der Waals surface area contributed by atoms with E-state index >= 15 is 0 Å². The summed E-state index contributed by atoms with van der Waals surface area (Å²) >= 11 is -5.15. The van der Waals surface area contributed by atoms with Crippen molar-refractivity contribution < 1.29 is 41.7 Å². The minimum absolute atomic E-state index is 0.0149. The number of rotatable bonds is 6. The van der Waals surface area contributed by atoms with Gasteiger partial charge in [-0.3, -0.25) is 0 Å². The van der Waals surface area contributed by atoms with E-state index in [0.29, 0.717) is 12.6 Å². The molecule has 0 amide bonds. The van der Waals surface area contributed by atoms with Crippen LogP contribution in [0.15, 0.2) is 61.7 Å². The van der Waals surface area contributed by atoms with Gasteiger partial charge in [-0.15, -0.1) is 13.2 Å². The zero-order valence-electron chi connectivity index (χ0n) is 12.2. The van der Waals surface area contributed by atoms with Gasteiger partial charge in [-0.05, 0) is 0 Å². The van der Waals surface area contributed by atoms with Crippen molar-refractivity contribution >= 4 is 12.6 Å². The Morgan fingerprint density at radius 1 is 0.783 bits per heavy atom. The number of hydrogen-bond donors (Lipinski definition) is 2. The van der Waals surface area contributed by atoms with Crippen LogP contribution >= 0.6 is 0 Å². The van der Waals surface area contributed by atoms with Crippen LogP contribution in [-0.2, 0) is 18.1 Å². The molecule has 0 spiro atoms. The van der Waals surface area contributed by atoms with Crippen molar-refractivity contribution in [2.24, 2.45) is 0 Å². The number of benzene rings is 2. The molecule has 0 saturated carbocycles. The van der Waals surface area contributed by atoms with Crippen LogP contribution in [0, 0.1) is 0 Å². The standard InChI is InChI=1S/2C7H6O2.C2H4.2H2O.Ti/c2*8-5-6-3-1-2-4-7(6)9;1-2;;;/h2*1-5,9H;1-2H2;2*1H2;/q;;;;;+4/p-4. The zero-order valence-corrected chi connectivity index (χ0v) is 13.8. The van der Waals surface area contributed by atoms with Gasteiger partial charge in [0, 0.05) is 0 Å². The fraction of sp³-hybridized carbons (Fsp3) is 0. The van der Waals surface area contributed by atoms with Crippen LogP contribution in [0.5, 0.6) is 11.5 Å². The van der Waals surface area contributed by atoms with Gasteiger partial charge in [-0.2, -0.15) is 0 Å². The van der Waals surface area contributed by atoms with Gasteiger partial charge in [0.15, 0.2) is 0 Å². The molecular formula is C16H16O6Ti. The summed E-state index contributed by atoms with van der Waals surface area (Å²) in [4.78, 5) is 21.7. The number of para-hydroxylation sites is 2. The molecule has 0 fully saturated rings. The molecule has 23 heavy (non-hydrogen) atoms. The van der Waals surface area contributed by atoms with Crippen LogP contribution in [0.25, 0.3) is 0 Å². The molecular weight excluding hydrogens is 336 g/mol. The quantitative estimate of drug-likeness (QED) is 0.471. The third kappa shape index (κ3) is 5.47. The van der Waals surface area contributed by atoms with Gasteiger partial charge >= 0.3 is 125 Å². The Kier molecular flexibility index (Phi) is 7.37. The van der Waals surface area contributed by atoms with Gasteiger partial charge in [0.05, 0.1) is 0 Å². The van der Waals surface area contributed by atoms with Gasteiger partial charge in [-0.25, -0.2) is 0 Å². The summed E-state index contributed by atoms with van der Waals surface area (Å²) in [5, 5.41) is 0. The molecule has 2 N–H and O–H groups in total. The maximum atomic E-state index is 10.9. The fourth-order valence-electron chi connectivity index (χ4n) is 1.65. The van der Waals surface area contributed by atoms with Crippen molar-refractivity contribution in [2.45, 2.75) is 0 Å². The minimum atomic E-state index is -5.15. The molecule has 0 aliphatic rings. The average Bonchev–Trinajstić information content (AvgIpc) is 2.57. The Labute approximate surface area is 138 Å². The van der Waals surface area contributed by atoms with E-state index in [0.717, 1.165) is 0 Å². The summed E-state index contributed by atoms with van der Waals surface area (Å²) < 4.78 is 30.0. The molecule has 2 aromatic rings. The van der Waals surface area contributed by atoms with Crippen LogP contribution in [-0.4, -0.2) is 19.9 Å². The van der Waals surface area contributed by atoms with E-state index in [1.54, 1.807) is 24.3 Å². The first-order chi connectivity index (χ1) is 11.1. The van der Waals surface area contributed by atoms with Crippen LogP contribution in [0.4, 0.5) is 0 Å². The van der Waals surface area contributed by atoms with Gasteiger partial charge < -0.3 is 0 Å². The van der Waals surface area contributed by atoms with Crippen molar-refractivity contribution in [3.05, 3.63) is 72.8 Å². The summed E-state index contributed by atoms with van der Waals surface area (Å²) in [6.07, 6.45) is 1.07. The molecule has 0 aromatic heterocycles. The molecule has 7 heteroatoms. The van der Waals surface area contributed by atoms with E-state index in [-0.39, 0.29) is 22.6 Å². The number of hydrogen-bond acceptors (Lipinski definition) is 6. The van der Waals surface area contributed by atoms with E-state index in [1.165, 1.54) is 24.3 Å². The molecule has 2 aromatic carbocycles. The molecule has 0 aliphatic heterocycles. The number of carbonyl (C=O) groups excluding carboxylic acids is 2. The Bertz CT molecular complexity index is 616. The third-order valence-corrected chi connectivity index (χ3v) is 4.10. The third-order valence-electron chi connectivity index (χ3n) is 2.58. The topological polar surface area (TPSA) is 93.1 Å². The molecule has 0 unspecified atom stereocenters. The fourth-order valence-corrected chi connectivity index (χ4v) is 3.19. The molecule has 120 valence electrons. The Morgan fingerprint density at radius 2 is 1.13 bits per heavy atom. The molecule has 0 aliphatic carbocycles. The van der Waals surface area contributed by atoms with Crippen molar-refractivity contribution in [1.29, 1.82) is 0 Å². The second-order valence-electron chi connectivity index (χ2n) is 4.06. The molecule has 0 bridgehead atoms. The normalized spacial score (nSPS) is 10.0. The predicted molar refractivity (Wildman–Crippen MR) is 80.6 cm³/mol. The van der Waals surface area contributed by atoms with Crippen molar-refractivity contribution in [3.63, 3.8) is 0 Å². The number of carbonyl (C=O) groups is 2. The summed E-state index contributed by atoms with van der Waals surface area (Å²) in [7, 11) is 0. The SMILES string of the molecule is C=C.O=Cc1ccccc1[O][Ti]([OH])([OH])[O]c1ccccc1C=O.